The molecule has 0 radical (unpaired) electrons. The topological polar surface area (TPSA) is 268 Å². The average Bonchev–Trinajstić information content (AvgIpc) is 4.03. The Morgan fingerprint density at radius 3 is 1.25 bits per heavy atom. The third-order valence-electron chi connectivity index (χ3n) is 10.7. The summed E-state index contributed by atoms with van der Waals surface area (Å²) in [5, 5.41) is 25.4. The number of rotatable bonds is 18. The lowest BCUT2D eigenvalue weighted by molar-refractivity contribution is 0.0688. The molecule has 0 aliphatic rings. The van der Waals surface area contributed by atoms with Crippen molar-refractivity contribution in [3.8, 4) is 45.4 Å². The lowest BCUT2D eigenvalue weighted by atomic mass is 10.1. The van der Waals surface area contributed by atoms with E-state index in [1.54, 1.807) is 97.1 Å². The molecule has 0 saturated carbocycles. The maximum atomic E-state index is 14.3. The van der Waals surface area contributed by atoms with Crippen molar-refractivity contribution in [1.29, 1.82) is 0 Å². The van der Waals surface area contributed by atoms with Crippen LogP contribution in [-0.2, 0) is 33.7 Å². The third kappa shape index (κ3) is 12.3. The minimum Gasteiger partial charge on any atom is -0.497 e. The fourth-order valence-corrected chi connectivity index (χ4v) is 9.54. The normalized spacial score (nSPS) is 12.9. The Bertz CT molecular complexity index is 3310. The molecule has 2 aromatic heterocycles. The Labute approximate surface area is 430 Å². The first-order valence-electron chi connectivity index (χ1n) is 21.1. The van der Waals surface area contributed by atoms with Crippen LogP contribution >= 0.6 is 40.1 Å². The number of carbonyl (C=O) groups is 2. The van der Waals surface area contributed by atoms with Gasteiger partial charge in [-0.3, -0.25) is 23.2 Å². The van der Waals surface area contributed by atoms with Crippen molar-refractivity contribution in [2.75, 3.05) is 14.2 Å². The van der Waals surface area contributed by atoms with Gasteiger partial charge in [0.1, 0.15) is 11.5 Å². The summed E-state index contributed by atoms with van der Waals surface area (Å²) >= 11 is 6.83. The van der Waals surface area contributed by atoms with Gasteiger partial charge >= 0.3 is 8.25 Å². The van der Waals surface area contributed by atoms with Crippen molar-refractivity contribution in [2.45, 2.75) is 22.2 Å². The van der Waals surface area contributed by atoms with Crippen molar-refractivity contribution in [3.63, 3.8) is 0 Å². The molecule has 370 valence electrons. The fourth-order valence-electron chi connectivity index (χ4n) is 7.15. The number of hydrogen-bond donors (Lipinski definition) is 4. The van der Waals surface area contributed by atoms with Crippen LogP contribution in [0.1, 0.15) is 44.6 Å². The van der Waals surface area contributed by atoms with Crippen LogP contribution < -0.4 is 30.4 Å². The standard InChI is InChI=1S/C48H41Br2N8O11PS2/c1-66-37-7-3-5-31(25-37)43-27-41(55-57(43)35-17-21-39(22-18-35)71(51,62)63)45(59)53-47(29-9-13-33(49)14-10-29)68-70(61)69-48(30-11-15-34(50)16-12-30)54-46(60)42-28-44(32-6-4-8-38(26-32)67-2)58(56-42)36-19-23-40(24-20-36)72(52,64)65/h3-28,47-48,70H,1-2H3,(H,53,59)(H,54,60)(H2,51,62,63)(H2,52,64,65). The molecule has 24 heteroatoms. The number of ether oxygens (including phenoxy) is 2. The van der Waals surface area contributed by atoms with Crippen LogP contribution in [0.25, 0.3) is 33.9 Å². The van der Waals surface area contributed by atoms with E-state index >= 15 is 0 Å². The molecule has 2 unspecified atom stereocenters. The van der Waals surface area contributed by atoms with Gasteiger partial charge in [-0.1, -0.05) is 80.4 Å². The second-order valence-electron chi connectivity index (χ2n) is 15.5. The summed E-state index contributed by atoms with van der Waals surface area (Å²) in [6, 6.07) is 41.5. The van der Waals surface area contributed by atoms with E-state index in [0.29, 0.717) is 65.5 Å². The van der Waals surface area contributed by atoms with Gasteiger partial charge in [-0.25, -0.2) is 36.5 Å². The van der Waals surface area contributed by atoms with Gasteiger partial charge in [0, 0.05) is 31.2 Å². The van der Waals surface area contributed by atoms with E-state index in [4.69, 9.17) is 28.8 Å². The highest BCUT2D eigenvalue weighted by Crippen LogP contribution is 2.38. The number of primary sulfonamides is 2. The number of hydrogen-bond acceptors (Lipinski definition) is 13. The molecule has 6 N–H and O–H groups in total. The molecular formula is C48H41Br2N8O11PS2. The number of amides is 2. The molecule has 0 aliphatic carbocycles. The number of sulfonamides is 2. The number of nitrogens with two attached hydrogens (primary N) is 2. The molecule has 2 atom stereocenters. The highest BCUT2D eigenvalue weighted by molar-refractivity contribution is 9.10. The van der Waals surface area contributed by atoms with Crippen LogP contribution in [0.5, 0.6) is 11.5 Å². The van der Waals surface area contributed by atoms with E-state index in [1.807, 2.05) is 0 Å². The van der Waals surface area contributed by atoms with E-state index in [9.17, 15) is 31.0 Å². The van der Waals surface area contributed by atoms with E-state index in [1.165, 1.54) is 84.2 Å². The van der Waals surface area contributed by atoms with Crippen molar-refractivity contribution in [3.05, 3.63) is 189 Å². The molecule has 0 spiro atoms. The van der Waals surface area contributed by atoms with Crippen molar-refractivity contribution >= 4 is 72.0 Å². The van der Waals surface area contributed by atoms with Gasteiger partial charge in [0.05, 0.1) is 46.8 Å². The number of halogens is 2. The predicted molar refractivity (Wildman–Crippen MR) is 274 cm³/mol. The Kier molecular flexibility index (Phi) is 15.7. The maximum Gasteiger partial charge on any atom is 0.323 e. The van der Waals surface area contributed by atoms with Crippen LogP contribution in [0, 0.1) is 0 Å². The lowest BCUT2D eigenvalue weighted by Crippen LogP contribution is -2.31. The SMILES string of the molecule is COc1cccc(-c2cc(C(=O)NC(O[PH](=O)OC(NC(=O)c3cc(-c4cccc(OC)c4)n(-c4ccc(S(N)(=O)=O)cc4)n3)c3ccc(Br)cc3)c3ccc(Br)cc3)nn2-c2ccc(S(N)(=O)=O)cc2)c1. The maximum absolute atomic E-state index is 14.3. The molecule has 0 bridgehead atoms. The van der Waals surface area contributed by atoms with Gasteiger partial charge < -0.3 is 20.1 Å². The first-order valence-corrected chi connectivity index (χ1v) is 27.0. The van der Waals surface area contributed by atoms with Crippen LogP contribution in [0.15, 0.2) is 176 Å². The molecule has 72 heavy (non-hydrogen) atoms. The van der Waals surface area contributed by atoms with Crippen LogP contribution in [0.3, 0.4) is 0 Å². The largest absolute Gasteiger partial charge is 0.497 e. The highest BCUT2D eigenvalue weighted by Gasteiger charge is 2.28. The number of carbonyl (C=O) groups excluding carboxylic acids is 2. The molecule has 0 aliphatic heterocycles. The van der Waals surface area contributed by atoms with Crippen LogP contribution in [0.2, 0.25) is 0 Å². The van der Waals surface area contributed by atoms with E-state index in [-0.39, 0.29) is 21.2 Å². The second kappa shape index (κ2) is 21.9. The molecule has 2 amide bonds. The summed E-state index contributed by atoms with van der Waals surface area (Å²) in [5.41, 5.74) is 3.32. The highest BCUT2D eigenvalue weighted by atomic mass is 79.9. The average molecular weight is 1160 g/mol. The lowest BCUT2D eigenvalue weighted by Gasteiger charge is -2.23. The summed E-state index contributed by atoms with van der Waals surface area (Å²) in [6.07, 6.45) is -2.83. The minimum absolute atomic E-state index is 0.109. The van der Waals surface area contributed by atoms with Crippen LogP contribution in [-0.4, -0.2) is 62.4 Å². The zero-order valence-electron chi connectivity index (χ0n) is 37.7. The third-order valence-corrected chi connectivity index (χ3v) is 14.5. The van der Waals surface area contributed by atoms with E-state index < -0.39 is 52.6 Å². The number of nitrogens with zero attached hydrogens (tertiary/aromatic N) is 4. The van der Waals surface area contributed by atoms with Gasteiger partial charge in [-0.15, -0.1) is 0 Å². The Hall–Kier alpha value is -6.79. The van der Waals surface area contributed by atoms with E-state index in [2.05, 4.69) is 52.7 Å². The molecule has 8 aromatic rings. The van der Waals surface area contributed by atoms with Crippen LogP contribution in [0.4, 0.5) is 0 Å². The molecule has 19 nitrogen and oxygen atoms in total. The summed E-state index contributed by atoms with van der Waals surface area (Å²) in [5.74, 6) is -0.488. The van der Waals surface area contributed by atoms with Crippen molar-refractivity contribution in [2.24, 2.45) is 10.3 Å². The van der Waals surface area contributed by atoms with Crippen molar-refractivity contribution in [1.82, 2.24) is 30.2 Å². The smallest absolute Gasteiger partial charge is 0.323 e. The zero-order valence-corrected chi connectivity index (χ0v) is 43.5. The number of benzene rings is 6. The Balaban J connectivity index is 1.09. The molecule has 0 fully saturated rings. The Morgan fingerprint density at radius 2 is 0.917 bits per heavy atom. The number of aromatic nitrogens is 4. The van der Waals surface area contributed by atoms with Gasteiger partial charge in [0.2, 0.25) is 20.0 Å². The molecule has 8 rings (SSSR count). The number of nitrogens with one attached hydrogen (secondary N) is 2. The second-order valence-corrected chi connectivity index (χ2v) is 21.4. The molecule has 0 saturated heterocycles. The first-order chi connectivity index (χ1) is 34.4. The first kappa shape index (κ1) is 51.6. The van der Waals surface area contributed by atoms with Gasteiger partial charge in [-0.2, -0.15) is 10.2 Å². The predicted octanol–water partition coefficient (Wildman–Crippen LogP) is 8.21. The summed E-state index contributed by atoms with van der Waals surface area (Å²) in [7, 11) is -8.69. The molecule has 6 aromatic carbocycles. The fraction of sp³-hybridized carbons (Fsp3) is 0.0833. The summed E-state index contributed by atoms with van der Waals surface area (Å²) in [6.45, 7) is 0. The Morgan fingerprint density at radius 1 is 0.556 bits per heavy atom. The van der Waals surface area contributed by atoms with Gasteiger partial charge in [0.25, 0.3) is 11.8 Å². The monoisotopic (exact) mass is 1160 g/mol. The van der Waals surface area contributed by atoms with Crippen molar-refractivity contribution < 1.29 is 49.5 Å². The van der Waals surface area contributed by atoms with Gasteiger partial charge in [-0.05, 0) is 109 Å². The molecule has 2 heterocycles. The summed E-state index contributed by atoms with van der Waals surface area (Å²) in [4.78, 5) is 28.3. The number of methoxy groups -OCH3 is 2. The quantitative estimate of drug-likeness (QED) is 0.0467. The zero-order chi connectivity index (χ0) is 51.3. The summed E-state index contributed by atoms with van der Waals surface area (Å²) < 4.78 is 89.6. The van der Waals surface area contributed by atoms with Gasteiger partial charge in [0.15, 0.2) is 23.8 Å². The molecular weight excluding hydrogens is 1120 g/mol. The minimum atomic E-state index is -4.01. The van der Waals surface area contributed by atoms with E-state index in [0.717, 1.165) is 0 Å².